The third-order valence-electron chi connectivity index (χ3n) is 3.16. The fourth-order valence-electron chi connectivity index (χ4n) is 2.18. The number of aliphatic hydroxyl groups excluding tert-OH is 1. The Bertz CT molecular complexity index is 562. The summed E-state index contributed by atoms with van der Waals surface area (Å²) in [5.41, 5.74) is 2.91. The van der Waals surface area contributed by atoms with Crippen LogP contribution < -0.4 is 4.74 Å². The Kier molecular flexibility index (Phi) is 4.74. The van der Waals surface area contributed by atoms with E-state index in [0.29, 0.717) is 5.92 Å². The SMILES string of the molecule is CC(C)c1cccc(-c2ccc(F)cc2)c1OCCO. The molecule has 106 valence electrons. The van der Waals surface area contributed by atoms with Crippen LogP contribution in [0.25, 0.3) is 11.1 Å². The van der Waals surface area contributed by atoms with E-state index in [1.165, 1.54) is 12.1 Å². The van der Waals surface area contributed by atoms with E-state index in [9.17, 15) is 4.39 Å². The average molecular weight is 274 g/mol. The molecule has 0 aliphatic heterocycles. The first-order valence-corrected chi connectivity index (χ1v) is 6.76. The van der Waals surface area contributed by atoms with Gasteiger partial charge < -0.3 is 9.84 Å². The Labute approximate surface area is 118 Å². The molecule has 0 heterocycles. The smallest absolute Gasteiger partial charge is 0.130 e. The van der Waals surface area contributed by atoms with E-state index in [1.54, 1.807) is 12.1 Å². The molecule has 0 amide bonds. The van der Waals surface area contributed by atoms with Crippen LogP contribution in [0.2, 0.25) is 0 Å². The van der Waals surface area contributed by atoms with Crippen molar-refractivity contribution in [3.8, 4) is 16.9 Å². The van der Waals surface area contributed by atoms with Crippen molar-refractivity contribution in [3.05, 3.63) is 53.8 Å². The summed E-state index contributed by atoms with van der Waals surface area (Å²) in [6.45, 7) is 4.40. The van der Waals surface area contributed by atoms with Gasteiger partial charge in [0.1, 0.15) is 18.2 Å². The van der Waals surface area contributed by atoms with Gasteiger partial charge in [0.05, 0.1) is 6.61 Å². The van der Waals surface area contributed by atoms with Gasteiger partial charge in [0, 0.05) is 5.56 Å². The molecule has 0 saturated heterocycles. The largest absolute Gasteiger partial charge is 0.490 e. The van der Waals surface area contributed by atoms with Gasteiger partial charge in [-0.15, -0.1) is 0 Å². The highest BCUT2D eigenvalue weighted by Crippen LogP contribution is 2.36. The lowest BCUT2D eigenvalue weighted by Crippen LogP contribution is -2.06. The Morgan fingerprint density at radius 1 is 1.10 bits per heavy atom. The maximum atomic E-state index is 13.0. The van der Waals surface area contributed by atoms with Gasteiger partial charge in [0.25, 0.3) is 0 Å². The number of aliphatic hydroxyl groups is 1. The molecule has 0 unspecified atom stereocenters. The van der Waals surface area contributed by atoms with E-state index in [1.807, 2.05) is 18.2 Å². The average Bonchev–Trinajstić information content (AvgIpc) is 2.45. The highest BCUT2D eigenvalue weighted by molar-refractivity contribution is 5.72. The second-order valence-electron chi connectivity index (χ2n) is 4.96. The van der Waals surface area contributed by atoms with Gasteiger partial charge in [-0.25, -0.2) is 4.39 Å². The van der Waals surface area contributed by atoms with Crippen LogP contribution in [0.15, 0.2) is 42.5 Å². The minimum Gasteiger partial charge on any atom is -0.490 e. The highest BCUT2D eigenvalue weighted by atomic mass is 19.1. The predicted molar refractivity (Wildman–Crippen MR) is 78.5 cm³/mol. The first-order valence-electron chi connectivity index (χ1n) is 6.76. The lowest BCUT2D eigenvalue weighted by Gasteiger charge is -2.17. The van der Waals surface area contributed by atoms with Gasteiger partial charge in [-0.1, -0.05) is 44.2 Å². The fraction of sp³-hybridized carbons (Fsp3) is 0.294. The van der Waals surface area contributed by atoms with E-state index in [-0.39, 0.29) is 19.0 Å². The van der Waals surface area contributed by atoms with Crippen molar-refractivity contribution in [2.75, 3.05) is 13.2 Å². The number of para-hydroxylation sites is 1. The van der Waals surface area contributed by atoms with Crippen molar-refractivity contribution in [2.24, 2.45) is 0 Å². The highest BCUT2D eigenvalue weighted by Gasteiger charge is 2.14. The third-order valence-corrected chi connectivity index (χ3v) is 3.16. The van der Waals surface area contributed by atoms with Crippen LogP contribution in [0.1, 0.15) is 25.3 Å². The quantitative estimate of drug-likeness (QED) is 0.893. The normalized spacial score (nSPS) is 10.8. The molecule has 0 bridgehead atoms. The Balaban J connectivity index is 2.50. The molecule has 0 atom stereocenters. The molecule has 0 aromatic heterocycles. The molecule has 3 heteroatoms. The van der Waals surface area contributed by atoms with Crippen molar-refractivity contribution in [1.29, 1.82) is 0 Å². The molecule has 0 aliphatic rings. The summed E-state index contributed by atoms with van der Waals surface area (Å²) in [6.07, 6.45) is 0. The molecule has 0 radical (unpaired) electrons. The third kappa shape index (κ3) is 3.17. The molecule has 0 fully saturated rings. The van der Waals surface area contributed by atoms with Crippen molar-refractivity contribution in [2.45, 2.75) is 19.8 Å². The molecule has 1 N–H and O–H groups in total. The second-order valence-corrected chi connectivity index (χ2v) is 4.96. The van der Waals surface area contributed by atoms with Crippen molar-refractivity contribution in [1.82, 2.24) is 0 Å². The fourth-order valence-corrected chi connectivity index (χ4v) is 2.18. The summed E-state index contributed by atoms with van der Waals surface area (Å²) in [4.78, 5) is 0. The Morgan fingerprint density at radius 3 is 2.40 bits per heavy atom. The van der Waals surface area contributed by atoms with Crippen LogP contribution in [0.5, 0.6) is 5.75 Å². The van der Waals surface area contributed by atoms with Crippen molar-refractivity contribution in [3.63, 3.8) is 0 Å². The predicted octanol–water partition coefficient (Wildman–Crippen LogP) is 3.99. The van der Waals surface area contributed by atoms with Crippen LogP contribution in [0.3, 0.4) is 0 Å². The number of benzene rings is 2. The van der Waals surface area contributed by atoms with E-state index < -0.39 is 0 Å². The lowest BCUT2D eigenvalue weighted by atomic mass is 9.95. The zero-order chi connectivity index (χ0) is 14.5. The summed E-state index contributed by atoms with van der Waals surface area (Å²) in [5.74, 6) is 0.818. The van der Waals surface area contributed by atoms with Gasteiger partial charge >= 0.3 is 0 Å². The van der Waals surface area contributed by atoms with Crippen LogP contribution in [0.4, 0.5) is 4.39 Å². The van der Waals surface area contributed by atoms with E-state index in [2.05, 4.69) is 13.8 Å². The summed E-state index contributed by atoms with van der Waals surface area (Å²) in [7, 11) is 0. The molecule has 2 rings (SSSR count). The number of rotatable bonds is 5. The molecule has 0 spiro atoms. The summed E-state index contributed by atoms with van der Waals surface area (Å²) < 4.78 is 18.8. The van der Waals surface area contributed by atoms with Crippen molar-refractivity contribution >= 4 is 0 Å². The second kappa shape index (κ2) is 6.53. The molecule has 2 nitrogen and oxygen atoms in total. The molecular weight excluding hydrogens is 255 g/mol. The summed E-state index contributed by atoms with van der Waals surface area (Å²) >= 11 is 0. The monoisotopic (exact) mass is 274 g/mol. The number of halogens is 1. The number of hydrogen-bond donors (Lipinski definition) is 1. The van der Waals surface area contributed by atoms with Crippen LogP contribution >= 0.6 is 0 Å². The van der Waals surface area contributed by atoms with E-state index in [0.717, 1.165) is 22.4 Å². The maximum Gasteiger partial charge on any atom is 0.130 e. The minimum atomic E-state index is -0.258. The molecule has 0 aliphatic carbocycles. The first kappa shape index (κ1) is 14.5. The maximum absolute atomic E-state index is 13.0. The molecular formula is C17H19FO2. The van der Waals surface area contributed by atoms with Crippen LogP contribution in [0, 0.1) is 5.82 Å². The van der Waals surface area contributed by atoms with Crippen molar-refractivity contribution < 1.29 is 14.2 Å². The van der Waals surface area contributed by atoms with Crippen LogP contribution in [-0.4, -0.2) is 18.3 Å². The molecule has 20 heavy (non-hydrogen) atoms. The standard InChI is InChI=1S/C17H19FO2/c1-12(2)15-4-3-5-16(17(15)20-11-10-19)13-6-8-14(18)9-7-13/h3-9,12,19H,10-11H2,1-2H3. The Hall–Kier alpha value is -1.87. The Morgan fingerprint density at radius 2 is 1.80 bits per heavy atom. The summed E-state index contributed by atoms with van der Waals surface area (Å²) in [5, 5.41) is 8.98. The first-order chi connectivity index (χ1) is 9.63. The zero-order valence-electron chi connectivity index (χ0n) is 11.8. The topological polar surface area (TPSA) is 29.5 Å². The number of ether oxygens (including phenoxy) is 1. The lowest BCUT2D eigenvalue weighted by molar-refractivity contribution is 0.200. The molecule has 0 saturated carbocycles. The van der Waals surface area contributed by atoms with Crippen LogP contribution in [-0.2, 0) is 0 Å². The summed E-state index contributed by atoms with van der Waals surface area (Å²) in [6, 6.07) is 12.3. The zero-order valence-corrected chi connectivity index (χ0v) is 11.8. The van der Waals surface area contributed by atoms with Gasteiger partial charge in [-0.2, -0.15) is 0 Å². The van der Waals surface area contributed by atoms with E-state index >= 15 is 0 Å². The number of hydrogen-bond acceptors (Lipinski definition) is 2. The minimum absolute atomic E-state index is 0.0325. The van der Waals surface area contributed by atoms with Gasteiger partial charge in [-0.3, -0.25) is 0 Å². The van der Waals surface area contributed by atoms with Gasteiger partial charge in [-0.05, 0) is 29.2 Å². The molecule has 2 aromatic carbocycles. The van der Waals surface area contributed by atoms with Gasteiger partial charge in [0.2, 0.25) is 0 Å². The molecule has 2 aromatic rings. The van der Waals surface area contributed by atoms with Gasteiger partial charge in [0.15, 0.2) is 0 Å². The van der Waals surface area contributed by atoms with E-state index in [4.69, 9.17) is 9.84 Å².